The summed E-state index contributed by atoms with van der Waals surface area (Å²) >= 11 is 1.98. The lowest BCUT2D eigenvalue weighted by Gasteiger charge is -2.00. The summed E-state index contributed by atoms with van der Waals surface area (Å²) < 4.78 is 0. The second kappa shape index (κ2) is 7.02. The molecule has 0 aliphatic rings. The SMILES string of the molecule is CCNCCCCc1ccc(CC)s1. The molecule has 1 heterocycles. The average Bonchev–Trinajstić information content (AvgIpc) is 2.65. The molecule has 0 saturated carbocycles. The van der Waals surface area contributed by atoms with Crippen LogP contribution in [0.25, 0.3) is 0 Å². The number of hydrogen-bond acceptors (Lipinski definition) is 2. The Morgan fingerprint density at radius 3 is 2.57 bits per heavy atom. The van der Waals surface area contributed by atoms with Crippen molar-refractivity contribution in [3.63, 3.8) is 0 Å². The molecule has 0 atom stereocenters. The summed E-state index contributed by atoms with van der Waals surface area (Å²) in [5.74, 6) is 0. The Bertz CT molecular complexity index is 242. The van der Waals surface area contributed by atoms with Gasteiger partial charge in [-0.1, -0.05) is 13.8 Å². The maximum atomic E-state index is 3.35. The van der Waals surface area contributed by atoms with E-state index in [0.29, 0.717) is 0 Å². The highest BCUT2D eigenvalue weighted by atomic mass is 32.1. The molecule has 0 fully saturated rings. The van der Waals surface area contributed by atoms with Crippen LogP contribution < -0.4 is 5.32 Å². The van der Waals surface area contributed by atoms with Crippen LogP contribution >= 0.6 is 11.3 Å². The topological polar surface area (TPSA) is 12.0 Å². The molecule has 1 aromatic rings. The largest absolute Gasteiger partial charge is 0.317 e. The highest BCUT2D eigenvalue weighted by Crippen LogP contribution is 2.18. The molecule has 14 heavy (non-hydrogen) atoms. The third kappa shape index (κ3) is 4.25. The van der Waals surface area contributed by atoms with Gasteiger partial charge in [0.25, 0.3) is 0 Å². The molecule has 0 spiro atoms. The van der Waals surface area contributed by atoms with Gasteiger partial charge in [0.15, 0.2) is 0 Å². The zero-order valence-electron chi connectivity index (χ0n) is 9.31. The highest BCUT2D eigenvalue weighted by molar-refractivity contribution is 7.11. The van der Waals surface area contributed by atoms with Crippen LogP contribution in [0.1, 0.15) is 36.4 Å². The lowest BCUT2D eigenvalue weighted by molar-refractivity contribution is 0.643. The lowest BCUT2D eigenvalue weighted by Crippen LogP contribution is -2.13. The molecular formula is C12H21NS. The predicted molar refractivity (Wildman–Crippen MR) is 65.2 cm³/mol. The summed E-state index contributed by atoms with van der Waals surface area (Å²) in [6, 6.07) is 4.56. The summed E-state index contributed by atoms with van der Waals surface area (Å²) in [6.45, 7) is 6.65. The normalized spacial score (nSPS) is 10.7. The van der Waals surface area contributed by atoms with E-state index in [1.165, 1.54) is 37.1 Å². The maximum Gasteiger partial charge on any atom is 0.00481 e. The predicted octanol–water partition coefficient (Wildman–Crippen LogP) is 3.24. The molecule has 2 heteroatoms. The van der Waals surface area contributed by atoms with E-state index >= 15 is 0 Å². The first-order chi connectivity index (χ1) is 6.86. The van der Waals surface area contributed by atoms with E-state index in [0.717, 1.165) is 6.54 Å². The first-order valence-electron chi connectivity index (χ1n) is 5.65. The Labute approximate surface area is 91.5 Å². The van der Waals surface area contributed by atoms with Crippen LogP contribution in [-0.2, 0) is 12.8 Å². The van der Waals surface area contributed by atoms with Crippen molar-refractivity contribution in [2.24, 2.45) is 0 Å². The molecule has 1 rings (SSSR count). The van der Waals surface area contributed by atoms with Crippen LogP contribution in [-0.4, -0.2) is 13.1 Å². The zero-order valence-corrected chi connectivity index (χ0v) is 10.1. The molecule has 0 amide bonds. The van der Waals surface area contributed by atoms with Gasteiger partial charge in [0.05, 0.1) is 0 Å². The first-order valence-corrected chi connectivity index (χ1v) is 6.46. The summed E-state index contributed by atoms with van der Waals surface area (Å²) in [6.07, 6.45) is 5.06. The second-order valence-corrected chi connectivity index (χ2v) is 4.79. The van der Waals surface area contributed by atoms with Crippen molar-refractivity contribution in [2.45, 2.75) is 39.5 Å². The van der Waals surface area contributed by atoms with Crippen molar-refractivity contribution < 1.29 is 0 Å². The third-order valence-corrected chi connectivity index (χ3v) is 3.63. The van der Waals surface area contributed by atoms with Gasteiger partial charge in [-0.3, -0.25) is 0 Å². The fourth-order valence-corrected chi connectivity index (χ4v) is 2.47. The van der Waals surface area contributed by atoms with Crippen molar-refractivity contribution in [1.82, 2.24) is 5.32 Å². The Morgan fingerprint density at radius 1 is 1.14 bits per heavy atom. The summed E-state index contributed by atoms with van der Waals surface area (Å²) in [5, 5.41) is 3.35. The average molecular weight is 211 g/mol. The molecular weight excluding hydrogens is 190 g/mol. The van der Waals surface area contributed by atoms with Crippen LogP contribution in [0.5, 0.6) is 0 Å². The van der Waals surface area contributed by atoms with E-state index in [1.54, 1.807) is 4.88 Å². The Balaban J connectivity index is 2.12. The van der Waals surface area contributed by atoms with Crippen molar-refractivity contribution >= 4 is 11.3 Å². The van der Waals surface area contributed by atoms with Crippen molar-refractivity contribution in [1.29, 1.82) is 0 Å². The fourth-order valence-electron chi connectivity index (χ4n) is 1.47. The zero-order chi connectivity index (χ0) is 10.2. The van der Waals surface area contributed by atoms with E-state index in [1.807, 2.05) is 11.3 Å². The molecule has 0 aromatic carbocycles. The van der Waals surface area contributed by atoms with E-state index < -0.39 is 0 Å². The van der Waals surface area contributed by atoms with Gasteiger partial charge in [-0.05, 0) is 50.9 Å². The molecule has 0 unspecified atom stereocenters. The lowest BCUT2D eigenvalue weighted by atomic mass is 10.2. The molecule has 0 saturated heterocycles. The number of hydrogen-bond donors (Lipinski definition) is 1. The number of rotatable bonds is 7. The minimum Gasteiger partial charge on any atom is -0.317 e. The summed E-state index contributed by atoms with van der Waals surface area (Å²) in [7, 11) is 0. The number of nitrogens with one attached hydrogen (secondary N) is 1. The molecule has 0 aliphatic carbocycles. The van der Waals surface area contributed by atoms with Crippen molar-refractivity contribution in [3.8, 4) is 0 Å². The first kappa shape index (κ1) is 11.7. The fraction of sp³-hybridized carbons (Fsp3) is 0.667. The van der Waals surface area contributed by atoms with Crippen molar-refractivity contribution in [2.75, 3.05) is 13.1 Å². The van der Waals surface area contributed by atoms with Gasteiger partial charge in [0.2, 0.25) is 0 Å². The summed E-state index contributed by atoms with van der Waals surface area (Å²) in [5.41, 5.74) is 0. The molecule has 0 radical (unpaired) electrons. The van der Waals surface area contributed by atoms with Gasteiger partial charge >= 0.3 is 0 Å². The number of thiophene rings is 1. The summed E-state index contributed by atoms with van der Waals surface area (Å²) in [4.78, 5) is 3.07. The highest BCUT2D eigenvalue weighted by Gasteiger charge is 1.97. The Hall–Kier alpha value is -0.340. The van der Waals surface area contributed by atoms with Gasteiger partial charge in [-0.2, -0.15) is 0 Å². The monoisotopic (exact) mass is 211 g/mol. The van der Waals surface area contributed by atoms with Gasteiger partial charge in [0.1, 0.15) is 0 Å². The maximum absolute atomic E-state index is 3.35. The standard InChI is InChI=1S/C12H21NS/c1-3-11-8-9-12(14-11)7-5-6-10-13-4-2/h8-9,13H,3-7,10H2,1-2H3. The van der Waals surface area contributed by atoms with Crippen LogP contribution in [0, 0.1) is 0 Å². The smallest absolute Gasteiger partial charge is 0.00481 e. The van der Waals surface area contributed by atoms with E-state index in [4.69, 9.17) is 0 Å². The second-order valence-electron chi connectivity index (χ2n) is 3.53. The number of aryl methyl sites for hydroxylation is 2. The third-order valence-electron chi connectivity index (χ3n) is 2.34. The molecule has 1 nitrogen and oxygen atoms in total. The van der Waals surface area contributed by atoms with Crippen LogP contribution in [0.2, 0.25) is 0 Å². The van der Waals surface area contributed by atoms with Gasteiger partial charge in [0, 0.05) is 9.75 Å². The van der Waals surface area contributed by atoms with Crippen molar-refractivity contribution in [3.05, 3.63) is 21.9 Å². The van der Waals surface area contributed by atoms with Crippen LogP contribution in [0.3, 0.4) is 0 Å². The van der Waals surface area contributed by atoms with E-state index in [9.17, 15) is 0 Å². The molecule has 80 valence electrons. The van der Waals surface area contributed by atoms with E-state index in [-0.39, 0.29) is 0 Å². The molecule has 1 N–H and O–H groups in total. The molecule has 0 bridgehead atoms. The van der Waals surface area contributed by atoms with Gasteiger partial charge in [-0.15, -0.1) is 11.3 Å². The number of unbranched alkanes of at least 4 members (excludes halogenated alkanes) is 1. The minimum absolute atomic E-state index is 1.10. The van der Waals surface area contributed by atoms with Gasteiger partial charge in [-0.25, -0.2) is 0 Å². The van der Waals surface area contributed by atoms with Gasteiger partial charge < -0.3 is 5.32 Å². The van der Waals surface area contributed by atoms with Crippen LogP contribution in [0.4, 0.5) is 0 Å². The molecule has 0 aliphatic heterocycles. The Kier molecular flexibility index (Phi) is 5.88. The quantitative estimate of drug-likeness (QED) is 0.683. The minimum atomic E-state index is 1.10. The Morgan fingerprint density at radius 2 is 1.93 bits per heavy atom. The molecule has 1 aromatic heterocycles. The van der Waals surface area contributed by atoms with E-state index in [2.05, 4.69) is 31.3 Å². The van der Waals surface area contributed by atoms with Crippen LogP contribution in [0.15, 0.2) is 12.1 Å².